The first kappa shape index (κ1) is 13.9. The molecule has 0 fully saturated rings. The van der Waals surface area contributed by atoms with Gasteiger partial charge in [0.05, 0.1) is 0 Å². The molecule has 2 rings (SSSR count). The maximum Gasteiger partial charge on any atom is 0.0449 e. The first-order valence-corrected chi connectivity index (χ1v) is 7.60. The van der Waals surface area contributed by atoms with Crippen LogP contribution in [0.3, 0.4) is 0 Å². The highest BCUT2D eigenvalue weighted by atomic mass is 79.9. The smallest absolute Gasteiger partial charge is 0.0449 e. The molecule has 0 radical (unpaired) electrons. The molecule has 0 aliphatic carbocycles. The molecule has 18 heavy (non-hydrogen) atoms. The van der Waals surface area contributed by atoms with E-state index in [1.165, 1.54) is 9.79 Å². The van der Waals surface area contributed by atoms with Gasteiger partial charge in [-0.1, -0.05) is 51.4 Å². The molecule has 0 bridgehead atoms. The lowest BCUT2D eigenvalue weighted by Gasteiger charge is -2.10. The molecule has 0 saturated heterocycles. The summed E-state index contributed by atoms with van der Waals surface area (Å²) in [6.45, 7) is 0.607. The molecule has 0 amide bonds. The fourth-order valence-electron chi connectivity index (χ4n) is 1.68. The number of rotatable bonds is 4. The van der Waals surface area contributed by atoms with Crippen LogP contribution >= 0.6 is 39.3 Å². The van der Waals surface area contributed by atoms with E-state index in [4.69, 9.17) is 17.3 Å². The van der Waals surface area contributed by atoms with Crippen LogP contribution < -0.4 is 5.73 Å². The number of hydrogen-bond acceptors (Lipinski definition) is 2. The lowest BCUT2D eigenvalue weighted by Crippen LogP contribution is -2.04. The van der Waals surface area contributed by atoms with Gasteiger partial charge in [0.25, 0.3) is 0 Å². The predicted octanol–water partition coefficient (Wildman–Crippen LogP) is 4.75. The molecule has 0 aromatic heterocycles. The third-order valence-electron chi connectivity index (χ3n) is 2.49. The molecule has 0 saturated carbocycles. The SMILES string of the molecule is NCCc1c(Cl)cccc1Sc1cccc(Br)c1. The minimum atomic E-state index is 0.607. The molecular formula is C14H13BrClNS. The second-order valence-corrected chi connectivity index (χ2v) is 6.25. The molecule has 0 aliphatic rings. The van der Waals surface area contributed by atoms with Crippen molar-refractivity contribution in [3.05, 3.63) is 57.5 Å². The van der Waals surface area contributed by atoms with Gasteiger partial charge in [0.1, 0.15) is 0 Å². The Bertz CT molecular complexity index is 545. The summed E-state index contributed by atoms with van der Waals surface area (Å²) in [6, 6.07) is 14.2. The van der Waals surface area contributed by atoms with E-state index in [-0.39, 0.29) is 0 Å². The molecule has 0 aliphatic heterocycles. The molecule has 0 heterocycles. The number of hydrogen-bond donors (Lipinski definition) is 1. The molecule has 94 valence electrons. The molecule has 4 heteroatoms. The van der Waals surface area contributed by atoms with Gasteiger partial charge in [-0.2, -0.15) is 0 Å². The minimum Gasteiger partial charge on any atom is -0.330 e. The van der Waals surface area contributed by atoms with E-state index in [0.717, 1.165) is 21.5 Å². The van der Waals surface area contributed by atoms with E-state index < -0.39 is 0 Å². The van der Waals surface area contributed by atoms with E-state index in [2.05, 4.69) is 34.1 Å². The Morgan fingerprint density at radius 3 is 2.67 bits per heavy atom. The van der Waals surface area contributed by atoms with Crippen molar-refractivity contribution in [2.24, 2.45) is 5.73 Å². The van der Waals surface area contributed by atoms with E-state index in [9.17, 15) is 0 Å². The fourth-order valence-corrected chi connectivity index (χ4v) is 3.62. The zero-order valence-corrected chi connectivity index (χ0v) is 12.9. The summed E-state index contributed by atoms with van der Waals surface area (Å²) in [5.74, 6) is 0. The predicted molar refractivity (Wildman–Crippen MR) is 82.5 cm³/mol. The molecule has 2 aromatic carbocycles. The molecule has 1 nitrogen and oxygen atoms in total. The van der Waals surface area contributed by atoms with E-state index >= 15 is 0 Å². The maximum atomic E-state index is 6.23. The Kier molecular flexibility index (Phi) is 5.13. The third kappa shape index (κ3) is 3.51. The Balaban J connectivity index is 2.31. The second-order valence-electron chi connectivity index (χ2n) is 3.81. The summed E-state index contributed by atoms with van der Waals surface area (Å²) >= 11 is 11.4. The molecule has 0 atom stereocenters. The summed E-state index contributed by atoms with van der Waals surface area (Å²) in [4.78, 5) is 2.36. The van der Waals surface area contributed by atoms with Gasteiger partial charge in [-0.3, -0.25) is 0 Å². The summed E-state index contributed by atoms with van der Waals surface area (Å²) in [6.07, 6.45) is 0.802. The Morgan fingerprint density at radius 1 is 1.17 bits per heavy atom. The second kappa shape index (κ2) is 6.62. The first-order chi connectivity index (χ1) is 8.70. The van der Waals surface area contributed by atoms with Crippen LogP contribution in [-0.2, 0) is 6.42 Å². The summed E-state index contributed by atoms with van der Waals surface area (Å²) < 4.78 is 1.08. The standard InChI is InChI=1S/C14H13BrClNS/c15-10-3-1-4-11(9-10)18-14-6-2-5-13(16)12(14)7-8-17/h1-6,9H,7-8,17H2. The average Bonchev–Trinajstić information content (AvgIpc) is 2.34. The molecule has 0 spiro atoms. The van der Waals surface area contributed by atoms with Crippen molar-refractivity contribution in [2.75, 3.05) is 6.54 Å². The maximum absolute atomic E-state index is 6.23. The lowest BCUT2D eigenvalue weighted by atomic mass is 10.1. The van der Waals surface area contributed by atoms with Crippen LogP contribution in [0.15, 0.2) is 56.7 Å². The highest BCUT2D eigenvalue weighted by molar-refractivity contribution is 9.10. The summed E-state index contributed by atoms with van der Waals surface area (Å²) in [7, 11) is 0. The number of nitrogens with two attached hydrogens (primary N) is 1. The Hall–Kier alpha value is -0.480. The zero-order chi connectivity index (χ0) is 13.0. The summed E-state index contributed by atoms with van der Waals surface area (Å²) in [5.41, 5.74) is 6.77. The van der Waals surface area contributed by atoms with Gasteiger partial charge in [0.15, 0.2) is 0 Å². The molecular weight excluding hydrogens is 330 g/mol. The van der Waals surface area contributed by atoms with Gasteiger partial charge in [0, 0.05) is 19.3 Å². The van der Waals surface area contributed by atoms with Crippen molar-refractivity contribution in [1.29, 1.82) is 0 Å². The lowest BCUT2D eigenvalue weighted by molar-refractivity contribution is 0.944. The monoisotopic (exact) mass is 341 g/mol. The quantitative estimate of drug-likeness (QED) is 0.867. The topological polar surface area (TPSA) is 26.0 Å². The van der Waals surface area contributed by atoms with Crippen LogP contribution in [0.2, 0.25) is 5.02 Å². The van der Waals surface area contributed by atoms with Crippen molar-refractivity contribution in [3.63, 3.8) is 0 Å². The number of benzene rings is 2. The van der Waals surface area contributed by atoms with Crippen LogP contribution in [0, 0.1) is 0 Å². The average molecular weight is 343 g/mol. The van der Waals surface area contributed by atoms with Gasteiger partial charge in [0.2, 0.25) is 0 Å². The largest absolute Gasteiger partial charge is 0.330 e. The van der Waals surface area contributed by atoms with Crippen molar-refractivity contribution in [2.45, 2.75) is 16.2 Å². The van der Waals surface area contributed by atoms with Crippen molar-refractivity contribution >= 4 is 39.3 Å². The zero-order valence-electron chi connectivity index (χ0n) is 9.70. The van der Waals surface area contributed by atoms with E-state index in [0.29, 0.717) is 6.54 Å². The van der Waals surface area contributed by atoms with Gasteiger partial charge in [-0.15, -0.1) is 0 Å². The van der Waals surface area contributed by atoms with E-state index in [1.807, 2.05) is 24.3 Å². The Morgan fingerprint density at radius 2 is 1.94 bits per heavy atom. The van der Waals surface area contributed by atoms with E-state index in [1.54, 1.807) is 11.8 Å². The van der Waals surface area contributed by atoms with Crippen molar-refractivity contribution in [1.82, 2.24) is 0 Å². The van der Waals surface area contributed by atoms with Gasteiger partial charge < -0.3 is 5.73 Å². The van der Waals surface area contributed by atoms with Gasteiger partial charge >= 0.3 is 0 Å². The van der Waals surface area contributed by atoms with Crippen LogP contribution in [0.1, 0.15) is 5.56 Å². The first-order valence-electron chi connectivity index (χ1n) is 5.61. The highest BCUT2D eigenvalue weighted by Gasteiger charge is 2.08. The number of halogens is 2. The van der Waals surface area contributed by atoms with Crippen molar-refractivity contribution < 1.29 is 0 Å². The van der Waals surface area contributed by atoms with Gasteiger partial charge in [-0.05, 0) is 48.9 Å². The summed E-state index contributed by atoms with van der Waals surface area (Å²) in [5, 5.41) is 0.792. The van der Waals surface area contributed by atoms with Crippen LogP contribution in [-0.4, -0.2) is 6.54 Å². The Labute approximate surface area is 125 Å². The molecule has 0 unspecified atom stereocenters. The van der Waals surface area contributed by atoms with Gasteiger partial charge in [-0.25, -0.2) is 0 Å². The fraction of sp³-hybridized carbons (Fsp3) is 0.143. The molecule has 2 aromatic rings. The normalized spacial score (nSPS) is 10.6. The van der Waals surface area contributed by atoms with Crippen LogP contribution in [0.5, 0.6) is 0 Å². The highest BCUT2D eigenvalue weighted by Crippen LogP contribution is 2.34. The van der Waals surface area contributed by atoms with Crippen LogP contribution in [0.4, 0.5) is 0 Å². The molecule has 2 N–H and O–H groups in total. The van der Waals surface area contributed by atoms with Crippen LogP contribution in [0.25, 0.3) is 0 Å². The van der Waals surface area contributed by atoms with Crippen molar-refractivity contribution in [3.8, 4) is 0 Å². The minimum absolute atomic E-state index is 0.607. The third-order valence-corrected chi connectivity index (χ3v) is 4.43.